The summed E-state index contributed by atoms with van der Waals surface area (Å²) >= 11 is 0. The topological polar surface area (TPSA) is 73.3 Å². The number of hydrogen-bond donors (Lipinski definition) is 1. The number of carbonyl (C=O) groups is 1. The van der Waals surface area contributed by atoms with Crippen LogP contribution < -0.4 is 14.8 Å². The van der Waals surface area contributed by atoms with Gasteiger partial charge in [0.05, 0.1) is 18.8 Å². The molecule has 28 heavy (non-hydrogen) atoms. The molecule has 144 valence electrons. The molecule has 3 aromatic rings. The van der Waals surface area contributed by atoms with Crippen molar-refractivity contribution < 1.29 is 18.7 Å². The van der Waals surface area contributed by atoms with Crippen molar-refractivity contribution in [3.63, 3.8) is 0 Å². The fraction of sp³-hybridized carbons (Fsp3) is 0.190. The quantitative estimate of drug-likeness (QED) is 0.605. The smallest absolute Gasteiger partial charge is 0.251 e. The molecule has 0 aliphatic heterocycles. The Bertz CT molecular complexity index is 898. The van der Waals surface area contributed by atoms with E-state index in [1.165, 1.54) is 12.1 Å². The first kappa shape index (κ1) is 19.3. The van der Waals surface area contributed by atoms with E-state index in [2.05, 4.69) is 15.5 Å². The summed E-state index contributed by atoms with van der Waals surface area (Å²) in [6.45, 7) is 3.07. The van der Waals surface area contributed by atoms with Crippen LogP contribution in [0.15, 0.2) is 60.7 Å². The first-order chi connectivity index (χ1) is 13.7. The summed E-state index contributed by atoms with van der Waals surface area (Å²) in [4.78, 5) is 12.1. The van der Waals surface area contributed by atoms with Crippen LogP contribution in [0, 0.1) is 5.82 Å². The lowest BCUT2D eigenvalue weighted by molar-refractivity contribution is 0.0946. The molecule has 3 rings (SSSR count). The standard InChI is InChI=1S/C21H20FN3O3/c1-2-27-18-9-5-16(6-10-18)21(26)23-13-14-28-20-12-11-19(24-25-20)15-3-7-17(22)8-4-15/h3-12H,2,13-14H2,1H3,(H,23,26). The number of ether oxygens (including phenoxy) is 2. The number of nitrogens with one attached hydrogen (secondary N) is 1. The number of benzene rings is 2. The molecule has 7 heteroatoms. The molecule has 6 nitrogen and oxygen atoms in total. The molecule has 0 aliphatic rings. The van der Waals surface area contributed by atoms with Gasteiger partial charge < -0.3 is 14.8 Å². The molecule has 1 aromatic heterocycles. The molecule has 1 heterocycles. The molecule has 0 atom stereocenters. The van der Waals surface area contributed by atoms with Crippen LogP contribution in [0.2, 0.25) is 0 Å². The first-order valence-corrected chi connectivity index (χ1v) is 8.89. The van der Waals surface area contributed by atoms with E-state index in [0.717, 1.165) is 11.3 Å². The summed E-state index contributed by atoms with van der Waals surface area (Å²) in [5, 5.41) is 10.8. The second kappa shape index (κ2) is 9.45. The van der Waals surface area contributed by atoms with Crippen LogP contribution in [-0.4, -0.2) is 35.9 Å². The second-order valence-corrected chi connectivity index (χ2v) is 5.83. The molecular formula is C21H20FN3O3. The Labute approximate surface area is 162 Å². The molecular weight excluding hydrogens is 361 g/mol. The molecule has 0 bridgehead atoms. The van der Waals surface area contributed by atoms with Crippen molar-refractivity contribution >= 4 is 5.91 Å². The van der Waals surface area contributed by atoms with E-state index < -0.39 is 0 Å². The van der Waals surface area contributed by atoms with Crippen molar-refractivity contribution in [3.8, 4) is 22.9 Å². The zero-order chi connectivity index (χ0) is 19.8. The van der Waals surface area contributed by atoms with E-state index in [4.69, 9.17) is 9.47 Å². The minimum atomic E-state index is -0.302. The van der Waals surface area contributed by atoms with E-state index in [9.17, 15) is 9.18 Å². The van der Waals surface area contributed by atoms with E-state index in [1.807, 2.05) is 6.92 Å². The second-order valence-electron chi connectivity index (χ2n) is 5.83. The van der Waals surface area contributed by atoms with Gasteiger partial charge in [0.1, 0.15) is 18.2 Å². The highest BCUT2D eigenvalue weighted by molar-refractivity contribution is 5.94. The number of halogens is 1. The predicted octanol–water partition coefficient (Wildman–Crippen LogP) is 3.49. The molecule has 0 aliphatic carbocycles. The van der Waals surface area contributed by atoms with Crippen LogP contribution in [0.3, 0.4) is 0 Å². The molecule has 0 unspecified atom stereocenters. The maximum absolute atomic E-state index is 13.0. The van der Waals surface area contributed by atoms with E-state index in [0.29, 0.717) is 30.3 Å². The zero-order valence-corrected chi connectivity index (χ0v) is 15.4. The normalized spacial score (nSPS) is 10.4. The average molecular weight is 381 g/mol. The van der Waals surface area contributed by atoms with Crippen LogP contribution in [-0.2, 0) is 0 Å². The number of aromatic nitrogens is 2. The van der Waals surface area contributed by atoms with E-state index in [1.54, 1.807) is 48.5 Å². The van der Waals surface area contributed by atoms with E-state index >= 15 is 0 Å². The lowest BCUT2D eigenvalue weighted by Gasteiger charge is -2.08. The largest absolute Gasteiger partial charge is 0.494 e. The lowest BCUT2D eigenvalue weighted by atomic mass is 10.1. The van der Waals surface area contributed by atoms with E-state index in [-0.39, 0.29) is 18.3 Å². The molecule has 1 amide bonds. The highest BCUT2D eigenvalue weighted by Crippen LogP contribution is 2.18. The SMILES string of the molecule is CCOc1ccc(C(=O)NCCOc2ccc(-c3ccc(F)cc3)nn2)cc1. The van der Waals surface area contributed by atoms with Crippen LogP contribution in [0.5, 0.6) is 11.6 Å². The number of nitrogens with zero attached hydrogens (tertiary/aromatic N) is 2. The number of carbonyl (C=O) groups excluding carboxylic acids is 1. The molecule has 0 saturated heterocycles. The highest BCUT2D eigenvalue weighted by atomic mass is 19.1. The van der Waals surface area contributed by atoms with Gasteiger partial charge in [-0.3, -0.25) is 4.79 Å². The van der Waals surface area contributed by atoms with Gasteiger partial charge in [-0.25, -0.2) is 4.39 Å². The number of amides is 1. The number of hydrogen-bond acceptors (Lipinski definition) is 5. The first-order valence-electron chi connectivity index (χ1n) is 8.89. The Morgan fingerprint density at radius 3 is 2.36 bits per heavy atom. The van der Waals surface area contributed by atoms with Gasteiger partial charge in [-0.05, 0) is 61.5 Å². The van der Waals surface area contributed by atoms with Gasteiger partial charge in [0.15, 0.2) is 0 Å². The fourth-order valence-electron chi connectivity index (χ4n) is 2.46. The summed E-state index contributed by atoms with van der Waals surface area (Å²) in [6, 6.07) is 16.4. The third kappa shape index (κ3) is 5.26. The summed E-state index contributed by atoms with van der Waals surface area (Å²) < 4.78 is 23.8. The van der Waals surface area contributed by atoms with Gasteiger partial charge in [0.2, 0.25) is 5.88 Å². The van der Waals surface area contributed by atoms with Crippen LogP contribution in [0.1, 0.15) is 17.3 Å². The maximum atomic E-state index is 13.0. The Morgan fingerprint density at radius 1 is 0.964 bits per heavy atom. The minimum Gasteiger partial charge on any atom is -0.494 e. The number of rotatable bonds is 8. The summed E-state index contributed by atoms with van der Waals surface area (Å²) in [7, 11) is 0. The van der Waals surface area contributed by atoms with Gasteiger partial charge >= 0.3 is 0 Å². The Kier molecular flexibility index (Phi) is 6.51. The summed E-state index contributed by atoms with van der Waals surface area (Å²) in [5.41, 5.74) is 1.94. The van der Waals surface area contributed by atoms with Gasteiger partial charge in [-0.15, -0.1) is 10.2 Å². The molecule has 0 spiro atoms. The van der Waals surface area contributed by atoms with Crippen molar-refractivity contribution in [2.45, 2.75) is 6.92 Å². The maximum Gasteiger partial charge on any atom is 0.251 e. The fourth-order valence-corrected chi connectivity index (χ4v) is 2.46. The third-order valence-electron chi connectivity index (χ3n) is 3.85. The van der Waals surface area contributed by atoms with Crippen LogP contribution >= 0.6 is 0 Å². The molecule has 0 saturated carbocycles. The minimum absolute atomic E-state index is 0.190. The Morgan fingerprint density at radius 2 is 1.71 bits per heavy atom. The Hall–Kier alpha value is -3.48. The van der Waals surface area contributed by atoms with Gasteiger partial charge in [0, 0.05) is 17.2 Å². The predicted molar refractivity (Wildman–Crippen MR) is 103 cm³/mol. The summed E-state index contributed by atoms with van der Waals surface area (Å²) in [6.07, 6.45) is 0. The van der Waals surface area contributed by atoms with Gasteiger partial charge in [0.25, 0.3) is 5.91 Å². The van der Waals surface area contributed by atoms with Gasteiger partial charge in [-0.1, -0.05) is 0 Å². The van der Waals surface area contributed by atoms with Crippen molar-refractivity contribution in [2.75, 3.05) is 19.8 Å². The molecule has 1 N–H and O–H groups in total. The van der Waals surface area contributed by atoms with Gasteiger partial charge in [-0.2, -0.15) is 0 Å². The van der Waals surface area contributed by atoms with Crippen molar-refractivity contribution in [1.29, 1.82) is 0 Å². The van der Waals surface area contributed by atoms with Crippen LogP contribution in [0.25, 0.3) is 11.3 Å². The zero-order valence-electron chi connectivity index (χ0n) is 15.4. The molecule has 0 radical (unpaired) electrons. The average Bonchev–Trinajstić information content (AvgIpc) is 2.73. The lowest BCUT2D eigenvalue weighted by Crippen LogP contribution is -2.28. The highest BCUT2D eigenvalue weighted by Gasteiger charge is 2.06. The summed E-state index contributed by atoms with van der Waals surface area (Å²) in [5.74, 6) is 0.583. The monoisotopic (exact) mass is 381 g/mol. The Balaban J connectivity index is 1.44. The molecule has 0 fully saturated rings. The van der Waals surface area contributed by atoms with Crippen molar-refractivity contribution in [3.05, 3.63) is 72.0 Å². The van der Waals surface area contributed by atoms with Crippen molar-refractivity contribution in [2.24, 2.45) is 0 Å². The van der Waals surface area contributed by atoms with Crippen molar-refractivity contribution in [1.82, 2.24) is 15.5 Å². The molecule has 2 aromatic carbocycles. The third-order valence-corrected chi connectivity index (χ3v) is 3.85. The van der Waals surface area contributed by atoms with Crippen LogP contribution in [0.4, 0.5) is 4.39 Å².